The molecule has 3 aromatic rings. The molecule has 5 heteroatoms. The van der Waals surface area contributed by atoms with Crippen LogP contribution in [0.3, 0.4) is 0 Å². The van der Waals surface area contributed by atoms with Gasteiger partial charge in [-0.2, -0.15) is 0 Å². The minimum Gasteiger partial charge on any atom is -0.482 e. The second kappa shape index (κ2) is 10.3. The van der Waals surface area contributed by atoms with Gasteiger partial charge in [0.1, 0.15) is 11.5 Å². The molecule has 0 unspecified atom stereocenters. The van der Waals surface area contributed by atoms with Crippen LogP contribution in [0.25, 0.3) is 0 Å². The first-order chi connectivity index (χ1) is 14.5. The molecular formula is C25H24O5. The van der Waals surface area contributed by atoms with Crippen molar-refractivity contribution in [1.82, 2.24) is 0 Å². The van der Waals surface area contributed by atoms with E-state index in [0.717, 1.165) is 16.7 Å². The van der Waals surface area contributed by atoms with E-state index in [2.05, 4.69) is 0 Å². The number of carbonyl (C=O) groups is 2. The van der Waals surface area contributed by atoms with Gasteiger partial charge in [-0.25, -0.2) is 9.59 Å². The highest BCUT2D eigenvalue weighted by molar-refractivity contribution is 5.90. The number of rotatable bonds is 8. The average molecular weight is 404 g/mol. The van der Waals surface area contributed by atoms with E-state index >= 15 is 0 Å². The molecule has 0 spiro atoms. The van der Waals surface area contributed by atoms with E-state index in [-0.39, 0.29) is 19.0 Å². The maximum absolute atomic E-state index is 12.3. The Hall–Kier alpha value is -3.60. The summed E-state index contributed by atoms with van der Waals surface area (Å²) in [6.07, 6.45) is 0.636. The molecule has 0 radical (unpaired) electrons. The summed E-state index contributed by atoms with van der Waals surface area (Å²) < 4.78 is 16.2. The Labute approximate surface area is 176 Å². The number of carbonyl (C=O) groups excluding carboxylic acids is 2. The molecule has 0 bridgehead atoms. The Kier molecular flexibility index (Phi) is 7.22. The molecule has 3 rings (SSSR count). The summed E-state index contributed by atoms with van der Waals surface area (Å²) in [6, 6.07) is 21.9. The first-order valence-corrected chi connectivity index (χ1v) is 9.73. The standard InChI is InChI=1S/C25H24O5/c1-18-11-12-19(2)23(15-18)29-17-24(26)30-22-10-6-9-21(16-22)25(27)28-14-13-20-7-4-3-5-8-20/h3-12,15-16H,13-14,17H2,1-2H3. The molecule has 0 aliphatic heterocycles. The molecule has 0 atom stereocenters. The minimum atomic E-state index is -0.550. The van der Waals surface area contributed by atoms with E-state index in [4.69, 9.17) is 14.2 Å². The van der Waals surface area contributed by atoms with Gasteiger partial charge >= 0.3 is 11.9 Å². The highest BCUT2D eigenvalue weighted by Crippen LogP contribution is 2.19. The van der Waals surface area contributed by atoms with Crippen LogP contribution in [0.15, 0.2) is 72.8 Å². The summed E-state index contributed by atoms with van der Waals surface area (Å²) in [4.78, 5) is 24.4. The van der Waals surface area contributed by atoms with Crippen molar-refractivity contribution in [3.8, 4) is 11.5 Å². The van der Waals surface area contributed by atoms with Gasteiger partial charge in [-0.1, -0.05) is 48.5 Å². The van der Waals surface area contributed by atoms with Crippen molar-refractivity contribution in [3.05, 3.63) is 95.1 Å². The van der Waals surface area contributed by atoms with Crippen molar-refractivity contribution in [2.24, 2.45) is 0 Å². The number of ether oxygens (including phenoxy) is 3. The predicted octanol–water partition coefficient (Wildman–Crippen LogP) is 4.69. The third-order valence-corrected chi connectivity index (χ3v) is 4.46. The summed E-state index contributed by atoms with van der Waals surface area (Å²) in [7, 11) is 0. The van der Waals surface area contributed by atoms with Crippen LogP contribution >= 0.6 is 0 Å². The van der Waals surface area contributed by atoms with Gasteiger partial charge in [0, 0.05) is 6.42 Å². The van der Waals surface area contributed by atoms with Crippen LogP contribution in [-0.4, -0.2) is 25.2 Å². The molecule has 0 heterocycles. The van der Waals surface area contributed by atoms with E-state index < -0.39 is 11.9 Å². The first kappa shape index (κ1) is 21.1. The van der Waals surface area contributed by atoms with Crippen LogP contribution in [0.1, 0.15) is 27.0 Å². The van der Waals surface area contributed by atoms with E-state index in [1.165, 1.54) is 6.07 Å². The van der Waals surface area contributed by atoms with Gasteiger partial charge in [-0.05, 0) is 54.8 Å². The molecule has 30 heavy (non-hydrogen) atoms. The molecule has 0 aromatic heterocycles. The molecular weight excluding hydrogens is 380 g/mol. The van der Waals surface area contributed by atoms with E-state index in [0.29, 0.717) is 17.7 Å². The van der Waals surface area contributed by atoms with Gasteiger partial charge in [0.05, 0.1) is 12.2 Å². The lowest BCUT2D eigenvalue weighted by molar-refractivity contribution is -0.136. The predicted molar refractivity (Wildman–Crippen MR) is 114 cm³/mol. The highest BCUT2D eigenvalue weighted by Gasteiger charge is 2.12. The number of aryl methyl sites for hydroxylation is 2. The Bertz CT molecular complexity index is 1010. The highest BCUT2D eigenvalue weighted by atomic mass is 16.6. The Morgan fingerprint density at radius 2 is 1.67 bits per heavy atom. The molecule has 0 fully saturated rings. The second-order valence-electron chi connectivity index (χ2n) is 6.93. The summed E-state index contributed by atoms with van der Waals surface area (Å²) in [5.74, 6) is -0.106. The zero-order chi connectivity index (χ0) is 21.3. The van der Waals surface area contributed by atoms with Gasteiger partial charge in [0.2, 0.25) is 0 Å². The fraction of sp³-hybridized carbons (Fsp3) is 0.200. The third kappa shape index (κ3) is 6.21. The van der Waals surface area contributed by atoms with E-state index in [1.54, 1.807) is 18.2 Å². The lowest BCUT2D eigenvalue weighted by Gasteiger charge is -2.10. The van der Waals surface area contributed by atoms with Gasteiger partial charge in [0.15, 0.2) is 6.61 Å². The number of hydrogen-bond acceptors (Lipinski definition) is 5. The summed E-state index contributed by atoms with van der Waals surface area (Å²) >= 11 is 0. The van der Waals surface area contributed by atoms with Gasteiger partial charge < -0.3 is 14.2 Å². The Balaban J connectivity index is 1.51. The van der Waals surface area contributed by atoms with Crippen molar-refractivity contribution in [3.63, 3.8) is 0 Å². The molecule has 3 aromatic carbocycles. The molecule has 0 saturated carbocycles. The number of hydrogen-bond donors (Lipinski definition) is 0. The summed E-state index contributed by atoms with van der Waals surface area (Å²) in [5.41, 5.74) is 3.40. The topological polar surface area (TPSA) is 61.8 Å². The fourth-order valence-corrected chi connectivity index (χ4v) is 2.84. The fourth-order valence-electron chi connectivity index (χ4n) is 2.84. The van der Waals surface area contributed by atoms with Crippen LogP contribution in [0.4, 0.5) is 0 Å². The van der Waals surface area contributed by atoms with Gasteiger partial charge in [-0.15, -0.1) is 0 Å². The molecule has 0 amide bonds. The molecule has 154 valence electrons. The molecule has 0 aliphatic carbocycles. The minimum absolute atomic E-state index is 0.226. The first-order valence-electron chi connectivity index (χ1n) is 9.73. The molecule has 0 aliphatic rings. The van der Waals surface area contributed by atoms with Crippen LogP contribution in [-0.2, 0) is 16.0 Å². The number of esters is 2. The molecule has 0 N–H and O–H groups in total. The van der Waals surface area contributed by atoms with Crippen molar-refractivity contribution < 1.29 is 23.8 Å². The maximum Gasteiger partial charge on any atom is 0.349 e. The normalized spacial score (nSPS) is 10.3. The third-order valence-electron chi connectivity index (χ3n) is 4.46. The van der Waals surface area contributed by atoms with Crippen molar-refractivity contribution >= 4 is 11.9 Å². The van der Waals surface area contributed by atoms with Crippen molar-refractivity contribution in [2.45, 2.75) is 20.3 Å². The van der Waals surface area contributed by atoms with Crippen LogP contribution in [0, 0.1) is 13.8 Å². The van der Waals surface area contributed by atoms with Crippen molar-refractivity contribution in [2.75, 3.05) is 13.2 Å². The maximum atomic E-state index is 12.3. The lowest BCUT2D eigenvalue weighted by atomic mass is 10.1. The van der Waals surface area contributed by atoms with Crippen LogP contribution < -0.4 is 9.47 Å². The lowest BCUT2D eigenvalue weighted by Crippen LogP contribution is -2.18. The quantitative estimate of drug-likeness (QED) is 0.403. The van der Waals surface area contributed by atoms with Gasteiger partial charge in [0.25, 0.3) is 0 Å². The zero-order valence-electron chi connectivity index (χ0n) is 17.1. The van der Waals surface area contributed by atoms with Crippen molar-refractivity contribution in [1.29, 1.82) is 0 Å². The number of benzene rings is 3. The Morgan fingerprint density at radius 1 is 0.867 bits per heavy atom. The van der Waals surface area contributed by atoms with Crippen LogP contribution in [0.5, 0.6) is 11.5 Å². The Morgan fingerprint density at radius 3 is 2.47 bits per heavy atom. The second-order valence-corrected chi connectivity index (χ2v) is 6.93. The zero-order valence-corrected chi connectivity index (χ0v) is 17.1. The molecule has 0 saturated heterocycles. The SMILES string of the molecule is Cc1ccc(C)c(OCC(=O)Oc2cccc(C(=O)OCCc3ccccc3)c2)c1. The van der Waals surface area contributed by atoms with E-state index in [9.17, 15) is 9.59 Å². The summed E-state index contributed by atoms with van der Waals surface area (Å²) in [5, 5.41) is 0. The largest absolute Gasteiger partial charge is 0.482 e. The van der Waals surface area contributed by atoms with Gasteiger partial charge in [-0.3, -0.25) is 0 Å². The monoisotopic (exact) mass is 404 g/mol. The average Bonchev–Trinajstić information content (AvgIpc) is 2.75. The summed E-state index contributed by atoms with van der Waals surface area (Å²) in [6.45, 7) is 3.91. The van der Waals surface area contributed by atoms with E-state index in [1.807, 2.05) is 62.4 Å². The molecule has 5 nitrogen and oxygen atoms in total. The smallest absolute Gasteiger partial charge is 0.349 e. The van der Waals surface area contributed by atoms with Crippen LogP contribution in [0.2, 0.25) is 0 Å².